The van der Waals surface area contributed by atoms with E-state index < -0.39 is 0 Å². The number of carbonyl (C=O) groups excluding carboxylic acids is 1. The van der Waals surface area contributed by atoms with E-state index in [0.717, 1.165) is 36.4 Å². The maximum absolute atomic E-state index is 12.1. The molecule has 5 nitrogen and oxygen atoms in total. The molecule has 2 rings (SSSR count). The summed E-state index contributed by atoms with van der Waals surface area (Å²) in [6, 6.07) is 9.37. The second-order valence-electron chi connectivity index (χ2n) is 5.28. The minimum Gasteiger partial charge on any atom is -0.497 e. The molecule has 0 aliphatic carbocycles. The Morgan fingerprint density at radius 2 is 1.91 bits per heavy atom. The van der Waals surface area contributed by atoms with Gasteiger partial charge in [0.15, 0.2) is 0 Å². The van der Waals surface area contributed by atoms with Crippen LogP contribution >= 0.6 is 0 Å². The van der Waals surface area contributed by atoms with E-state index in [9.17, 15) is 4.79 Å². The quantitative estimate of drug-likeness (QED) is 0.729. The minimum absolute atomic E-state index is 0.0908. The van der Waals surface area contributed by atoms with Gasteiger partial charge in [-0.15, -0.1) is 0 Å². The van der Waals surface area contributed by atoms with Gasteiger partial charge in [0.1, 0.15) is 5.75 Å². The van der Waals surface area contributed by atoms with Gasteiger partial charge in [-0.05, 0) is 36.8 Å². The Morgan fingerprint density at radius 3 is 2.61 bits per heavy atom. The highest BCUT2D eigenvalue weighted by Crippen LogP contribution is 2.20. The number of carbonyl (C=O) groups is 1. The highest BCUT2D eigenvalue weighted by Gasteiger charge is 2.06. The van der Waals surface area contributed by atoms with E-state index >= 15 is 0 Å². The van der Waals surface area contributed by atoms with Gasteiger partial charge in [-0.1, -0.05) is 19.8 Å². The normalized spacial score (nSPS) is 10.2. The van der Waals surface area contributed by atoms with Gasteiger partial charge in [-0.3, -0.25) is 9.78 Å². The first-order valence-electron chi connectivity index (χ1n) is 7.87. The van der Waals surface area contributed by atoms with Crippen molar-refractivity contribution in [1.29, 1.82) is 0 Å². The largest absolute Gasteiger partial charge is 0.497 e. The molecule has 0 aliphatic heterocycles. The Balaban J connectivity index is 1.96. The molecule has 23 heavy (non-hydrogen) atoms. The molecule has 0 bridgehead atoms. The fraction of sp³-hybridized carbons (Fsp3) is 0.333. The summed E-state index contributed by atoms with van der Waals surface area (Å²) >= 11 is 0. The molecule has 0 unspecified atom stereocenters. The molecular formula is C18H23N3O2. The van der Waals surface area contributed by atoms with Crippen molar-refractivity contribution in [1.82, 2.24) is 10.3 Å². The zero-order valence-corrected chi connectivity index (χ0v) is 13.6. The molecule has 0 radical (unpaired) electrons. The Hall–Kier alpha value is -2.56. The van der Waals surface area contributed by atoms with Crippen LogP contribution in [0.2, 0.25) is 0 Å². The predicted molar refractivity (Wildman–Crippen MR) is 92.4 cm³/mol. The van der Waals surface area contributed by atoms with E-state index in [0.29, 0.717) is 12.1 Å². The fourth-order valence-corrected chi connectivity index (χ4v) is 2.15. The molecule has 0 atom stereocenters. The number of aromatic nitrogens is 1. The summed E-state index contributed by atoms with van der Waals surface area (Å²) in [6.45, 7) is 2.84. The maximum Gasteiger partial charge on any atom is 0.252 e. The lowest BCUT2D eigenvalue weighted by atomic mass is 10.2. The molecule has 0 aliphatic rings. The molecular weight excluding hydrogens is 290 g/mol. The lowest BCUT2D eigenvalue weighted by molar-refractivity contribution is 0.0952. The van der Waals surface area contributed by atoms with Gasteiger partial charge < -0.3 is 15.4 Å². The van der Waals surface area contributed by atoms with Crippen LogP contribution in [0.1, 0.15) is 36.5 Å². The van der Waals surface area contributed by atoms with Crippen LogP contribution in [0.15, 0.2) is 42.7 Å². The number of pyridine rings is 1. The Labute approximate surface area is 137 Å². The van der Waals surface area contributed by atoms with Crippen LogP contribution in [0.3, 0.4) is 0 Å². The van der Waals surface area contributed by atoms with Crippen LogP contribution < -0.4 is 15.4 Å². The molecule has 1 heterocycles. The monoisotopic (exact) mass is 313 g/mol. The fourth-order valence-electron chi connectivity index (χ4n) is 2.15. The smallest absolute Gasteiger partial charge is 0.252 e. The molecule has 1 amide bonds. The number of ether oxygens (including phenoxy) is 1. The molecule has 5 heteroatoms. The van der Waals surface area contributed by atoms with Gasteiger partial charge in [0, 0.05) is 18.4 Å². The highest BCUT2D eigenvalue weighted by molar-refractivity contribution is 5.94. The van der Waals surface area contributed by atoms with Crippen LogP contribution in [-0.4, -0.2) is 24.5 Å². The van der Waals surface area contributed by atoms with Crippen LogP contribution in [0.5, 0.6) is 5.75 Å². The zero-order valence-electron chi connectivity index (χ0n) is 13.6. The minimum atomic E-state index is -0.0908. The SMILES string of the molecule is CCCCCNC(=O)c1cncc(Nc2ccc(OC)cc2)c1. The van der Waals surface area contributed by atoms with Crippen molar-refractivity contribution in [3.05, 3.63) is 48.3 Å². The van der Waals surface area contributed by atoms with E-state index in [1.165, 1.54) is 0 Å². The molecule has 0 saturated carbocycles. The summed E-state index contributed by atoms with van der Waals surface area (Å²) in [6.07, 6.45) is 6.53. The van der Waals surface area contributed by atoms with Gasteiger partial charge in [0.05, 0.1) is 24.6 Å². The molecule has 122 valence electrons. The van der Waals surface area contributed by atoms with Crippen molar-refractivity contribution < 1.29 is 9.53 Å². The van der Waals surface area contributed by atoms with Crippen molar-refractivity contribution in [3.63, 3.8) is 0 Å². The maximum atomic E-state index is 12.1. The first kappa shape index (κ1) is 16.8. The van der Waals surface area contributed by atoms with Crippen molar-refractivity contribution in [2.75, 3.05) is 19.0 Å². The number of hydrogen-bond donors (Lipinski definition) is 2. The molecule has 0 fully saturated rings. The third kappa shape index (κ3) is 5.29. The van der Waals surface area contributed by atoms with Gasteiger partial charge in [0.25, 0.3) is 5.91 Å². The van der Waals surface area contributed by atoms with Crippen LogP contribution in [0.25, 0.3) is 0 Å². The molecule has 0 spiro atoms. The Bertz CT molecular complexity index is 626. The predicted octanol–water partition coefficient (Wildman–Crippen LogP) is 3.75. The number of anilines is 2. The lowest BCUT2D eigenvalue weighted by Gasteiger charge is -2.09. The number of nitrogens with zero attached hydrogens (tertiary/aromatic N) is 1. The van der Waals surface area contributed by atoms with Crippen LogP contribution in [0, 0.1) is 0 Å². The van der Waals surface area contributed by atoms with Crippen LogP contribution in [0.4, 0.5) is 11.4 Å². The molecule has 2 aromatic rings. The molecule has 1 aromatic carbocycles. The summed E-state index contributed by atoms with van der Waals surface area (Å²) in [5, 5.41) is 6.15. The third-order valence-corrected chi connectivity index (χ3v) is 3.45. The summed E-state index contributed by atoms with van der Waals surface area (Å²) in [7, 11) is 1.63. The lowest BCUT2D eigenvalue weighted by Crippen LogP contribution is -2.24. The number of rotatable bonds is 8. The summed E-state index contributed by atoms with van der Waals surface area (Å²) in [5.74, 6) is 0.709. The summed E-state index contributed by atoms with van der Waals surface area (Å²) in [4.78, 5) is 16.2. The molecule has 2 N–H and O–H groups in total. The topological polar surface area (TPSA) is 63.2 Å². The number of nitrogens with one attached hydrogen (secondary N) is 2. The summed E-state index contributed by atoms with van der Waals surface area (Å²) < 4.78 is 5.13. The number of benzene rings is 1. The number of amides is 1. The second-order valence-corrected chi connectivity index (χ2v) is 5.28. The van der Waals surface area contributed by atoms with Crippen molar-refractivity contribution in [2.45, 2.75) is 26.2 Å². The molecule has 0 saturated heterocycles. The van der Waals surface area contributed by atoms with E-state index in [4.69, 9.17) is 4.74 Å². The Kier molecular flexibility index (Phi) is 6.41. The van der Waals surface area contributed by atoms with E-state index in [-0.39, 0.29) is 5.91 Å². The number of hydrogen-bond acceptors (Lipinski definition) is 4. The number of methoxy groups -OCH3 is 1. The summed E-state index contributed by atoms with van der Waals surface area (Å²) in [5.41, 5.74) is 2.24. The van der Waals surface area contributed by atoms with Crippen molar-refractivity contribution in [3.8, 4) is 5.75 Å². The first-order chi connectivity index (χ1) is 11.2. The van der Waals surface area contributed by atoms with Crippen molar-refractivity contribution in [2.24, 2.45) is 0 Å². The van der Waals surface area contributed by atoms with Gasteiger partial charge in [0.2, 0.25) is 0 Å². The average Bonchev–Trinajstić information content (AvgIpc) is 2.59. The van der Waals surface area contributed by atoms with Gasteiger partial charge >= 0.3 is 0 Å². The van der Waals surface area contributed by atoms with E-state index in [1.807, 2.05) is 24.3 Å². The third-order valence-electron chi connectivity index (χ3n) is 3.45. The van der Waals surface area contributed by atoms with E-state index in [1.54, 1.807) is 25.6 Å². The molecule has 1 aromatic heterocycles. The Morgan fingerprint density at radius 1 is 1.13 bits per heavy atom. The van der Waals surface area contributed by atoms with Gasteiger partial charge in [-0.2, -0.15) is 0 Å². The zero-order chi connectivity index (χ0) is 16.5. The highest BCUT2D eigenvalue weighted by atomic mass is 16.5. The van der Waals surface area contributed by atoms with Crippen LogP contribution in [-0.2, 0) is 0 Å². The van der Waals surface area contributed by atoms with Gasteiger partial charge in [-0.25, -0.2) is 0 Å². The standard InChI is InChI=1S/C18H23N3O2/c1-3-4-5-10-20-18(22)14-11-16(13-19-12-14)21-15-6-8-17(23-2)9-7-15/h6-9,11-13,21H,3-5,10H2,1-2H3,(H,20,22). The first-order valence-corrected chi connectivity index (χ1v) is 7.87. The van der Waals surface area contributed by atoms with E-state index in [2.05, 4.69) is 22.5 Å². The van der Waals surface area contributed by atoms with Crippen molar-refractivity contribution >= 4 is 17.3 Å². The number of unbranched alkanes of at least 4 members (excludes halogenated alkanes) is 2. The second kappa shape index (κ2) is 8.78. The average molecular weight is 313 g/mol.